The van der Waals surface area contributed by atoms with E-state index in [1.807, 2.05) is 30.3 Å². The van der Waals surface area contributed by atoms with Crippen LogP contribution in [0.4, 0.5) is 4.39 Å². The molecule has 1 nitrogen and oxygen atoms in total. The molecule has 0 saturated carbocycles. The summed E-state index contributed by atoms with van der Waals surface area (Å²) in [6, 6.07) is 17.8. The van der Waals surface area contributed by atoms with Crippen molar-refractivity contribution in [2.75, 3.05) is 6.61 Å². The zero-order valence-electron chi connectivity index (χ0n) is 14.2. The number of fused-ring (bicyclic) bond motifs is 1. The van der Waals surface area contributed by atoms with Crippen LogP contribution in [0.15, 0.2) is 79.9 Å². The molecule has 0 radical (unpaired) electrons. The highest BCUT2D eigenvalue weighted by Gasteiger charge is 2.09. The highest BCUT2D eigenvalue weighted by atomic mass is 19.1. The predicted octanol–water partition coefficient (Wildman–Crippen LogP) is 6.33. The highest BCUT2D eigenvalue weighted by molar-refractivity contribution is 5.89. The number of halogens is 1. The number of benzene rings is 3. The Balaban J connectivity index is 1.90. The summed E-state index contributed by atoms with van der Waals surface area (Å²) >= 11 is 0. The van der Waals surface area contributed by atoms with Crippen LogP contribution >= 0.6 is 0 Å². The van der Waals surface area contributed by atoms with Gasteiger partial charge in [-0.1, -0.05) is 61.2 Å². The fraction of sp³-hybridized carbons (Fsp3) is 0.130. The molecule has 0 amide bonds. The van der Waals surface area contributed by atoms with Gasteiger partial charge in [0.15, 0.2) is 11.6 Å². The molecule has 0 saturated heterocycles. The van der Waals surface area contributed by atoms with Crippen molar-refractivity contribution in [1.82, 2.24) is 0 Å². The summed E-state index contributed by atoms with van der Waals surface area (Å²) in [6.45, 7) is 7.63. The molecule has 0 heterocycles. The van der Waals surface area contributed by atoms with Gasteiger partial charge in [-0.3, -0.25) is 0 Å². The Morgan fingerprint density at radius 3 is 2.36 bits per heavy atom. The molecule has 2 heteroatoms. The summed E-state index contributed by atoms with van der Waals surface area (Å²) in [5, 5.41) is 1.42. The van der Waals surface area contributed by atoms with Crippen LogP contribution in [0.5, 0.6) is 5.75 Å². The lowest BCUT2D eigenvalue weighted by molar-refractivity contribution is 0.344. The van der Waals surface area contributed by atoms with Crippen molar-refractivity contribution in [3.8, 4) is 16.9 Å². The number of allylic oxidation sites excluding steroid dienone is 1. The average molecular weight is 332 g/mol. The van der Waals surface area contributed by atoms with E-state index in [0.29, 0.717) is 12.0 Å². The molecule has 0 atom stereocenters. The summed E-state index contributed by atoms with van der Waals surface area (Å²) in [7, 11) is 0. The van der Waals surface area contributed by atoms with Crippen LogP contribution in [0.1, 0.15) is 12.0 Å². The van der Waals surface area contributed by atoms with E-state index >= 15 is 0 Å². The lowest BCUT2D eigenvalue weighted by Gasteiger charge is -2.09. The van der Waals surface area contributed by atoms with Crippen LogP contribution in [0, 0.1) is 5.82 Å². The van der Waals surface area contributed by atoms with Crippen molar-refractivity contribution in [2.24, 2.45) is 0 Å². The summed E-state index contributed by atoms with van der Waals surface area (Å²) in [6.07, 6.45) is 5.51. The van der Waals surface area contributed by atoms with Crippen molar-refractivity contribution in [3.05, 3.63) is 91.3 Å². The maximum absolute atomic E-state index is 14.5. The molecule has 3 aromatic carbocycles. The lowest BCUT2D eigenvalue weighted by Crippen LogP contribution is -1.96. The van der Waals surface area contributed by atoms with Gasteiger partial charge in [0, 0.05) is 5.39 Å². The molecule has 126 valence electrons. The minimum atomic E-state index is -0.328. The van der Waals surface area contributed by atoms with Gasteiger partial charge < -0.3 is 4.74 Å². The van der Waals surface area contributed by atoms with Gasteiger partial charge in [-0.15, -0.1) is 6.58 Å². The standard InChI is InChI=1S/C23H21FO/c1-3-5-6-17-7-9-18(10-8-17)19-11-13-21-20(16-19)12-14-22(23(21)24)25-15-4-2/h3-4,7-14,16H,1-2,5-6,15H2. The third-order valence-electron chi connectivity index (χ3n) is 4.20. The fourth-order valence-corrected chi connectivity index (χ4v) is 2.84. The Kier molecular flexibility index (Phi) is 5.30. The van der Waals surface area contributed by atoms with E-state index in [9.17, 15) is 4.39 Å². The first-order valence-corrected chi connectivity index (χ1v) is 8.39. The molecule has 0 spiro atoms. The van der Waals surface area contributed by atoms with E-state index in [1.165, 1.54) is 5.56 Å². The molecule has 0 bridgehead atoms. The quantitative estimate of drug-likeness (QED) is 0.459. The summed E-state index contributed by atoms with van der Waals surface area (Å²) < 4.78 is 19.9. The largest absolute Gasteiger partial charge is 0.486 e. The smallest absolute Gasteiger partial charge is 0.172 e. The van der Waals surface area contributed by atoms with E-state index in [0.717, 1.165) is 29.4 Å². The maximum Gasteiger partial charge on any atom is 0.172 e. The van der Waals surface area contributed by atoms with Gasteiger partial charge in [0.05, 0.1) is 0 Å². The van der Waals surface area contributed by atoms with Gasteiger partial charge in [-0.05, 0) is 47.1 Å². The lowest BCUT2D eigenvalue weighted by atomic mass is 9.99. The third-order valence-corrected chi connectivity index (χ3v) is 4.20. The molecular weight excluding hydrogens is 311 g/mol. The Hall–Kier alpha value is -2.87. The van der Waals surface area contributed by atoms with Crippen LogP contribution in [-0.2, 0) is 6.42 Å². The number of rotatable bonds is 7. The topological polar surface area (TPSA) is 9.23 Å². The van der Waals surface area contributed by atoms with Crippen LogP contribution in [0.2, 0.25) is 0 Å². The molecule has 25 heavy (non-hydrogen) atoms. The SMILES string of the molecule is C=CCCc1ccc(-c2ccc3c(F)c(OCC=C)ccc3c2)cc1. The first-order chi connectivity index (χ1) is 12.2. The molecule has 0 aromatic heterocycles. The van der Waals surface area contributed by atoms with Crippen LogP contribution in [0.25, 0.3) is 21.9 Å². The van der Waals surface area contributed by atoms with Gasteiger partial charge in [0.1, 0.15) is 6.61 Å². The van der Waals surface area contributed by atoms with Crippen LogP contribution in [0.3, 0.4) is 0 Å². The molecule has 0 fully saturated rings. The van der Waals surface area contributed by atoms with E-state index in [4.69, 9.17) is 4.74 Å². The number of hydrogen-bond donors (Lipinski definition) is 0. The number of hydrogen-bond acceptors (Lipinski definition) is 1. The fourth-order valence-electron chi connectivity index (χ4n) is 2.84. The predicted molar refractivity (Wildman–Crippen MR) is 104 cm³/mol. The summed E-state index contributed by atoms with van der Waals surface area (Å²) in [4.78, 5) is 0. The van der Waals surface area contributed by atoms with E-state index in [1.54, 1.807) is 12.1 Å². The molecule has 3 aromatic rings. The number of aryl methyl sites for hydroxylation is 1. The molecule has 0 aliphatic rings. The monoisotopic (exact) mass is 332 g/mol. The molecule has 0 N–H and O–H groups in total. The van der Waals surface area contributed by atoms with Crippen molar-refractivity contribution < 1.29 is 9.13 Å². The van der Waals surface area contributed by atoms with Crippen molar-refractivity contribution in [2.45, 2.75) is 12.8 Å². The molecular formula is C23H21FO. The minimum absolute atomic E-state index is 0.256. The van der Waals surface area contributed by atoms with E-state index in [2.05, 4.69) is 37.4 Å². The van der Waals surface area contributed by atoms with Gasteiger partial charge in [0.25, 0.3) is 0 Å². The molecule has 0 aliphatic heterocycles. The molecule has 0 unspecified atom stereocenters. The van der Waals surface area contributed by atoms with Crippen LogP contribution < -0.4 is 4.74 Å². The Labute approximate surface area is 148 Å². The second-order valence-corrected chi connectivity index (χ2v) is 5.94. The van der Waals surface area contributed by atoms with Gasteiger partial charge in [0.2, 0.25) is 0 Å². The minimum Gasteiger partial charge on any atom is -0.486 e. The zero-order valence-corrected chi connectivity index (χ0v) is 14.2. The van der Waals surface area contributed by atoms with Gasteiger partial charge >= 0.3 is 0 Å². The second kappa shape index (κ2) is 7.80. The van der Waals surface area contributed by atoms with Gasteiger partial charge in [-0.2, -0.15) is 0 Å². The van der Waals surface area contributed by atoms with Crippen molar-refractivity contribution >= 4 is 10.8 Å². The Morgan fingerprint density at radius 1 is 0.880 bits per heavy atom. The van der Waals surface area contributed by atoms with E-state index < -0.39 is 0 Å². The summed E-state index contributed by atoms with van der Waals surface area (Å²) in [5.41, 5.74) is 3.48. The first kappa shape index (κ1) is 17.0. The highest BCUT2D eigenvalue weighted by Crippen LogP contribution is 2.30. The first-order valence-electron chi connectivity index (χ1n) is 8.39. The maximum atomic E-state index is 14.5. The number of ether oxygens (including phenoxy) is 1. The molecule has 0 aliphatic carbocycles. The van der Waals surface area contributed by atoms with Crippen molar-refractivity contribution in [1.29, 1.82) is 0 Å². The van der Waals surface area contributed by atoms with Crippen LogP contribution in [-0.4, -0.2) is 6.61 Å². The second-order valence-electron chi connectivity index (χ2n) is 5.94. The van der Waals surface area contributed by atoms with Gasteiger partial charge in [-0.25, -0.2) is 4.39 Å². The third kappa shape index (κ3) is 3.80. The Morgan fingerprint density at radius 2 is 1.64 bits per heavy atom. The normalized spacial score (nSPS) is 10.6. The van der Waals surface area contributed by atoms with E-state index in [-0.39, 0.29) is 11.6 Å². The Bertz CT molecular complexity index is 894. The summed E-state index contributed by atoms with van der Waals surface area (Å²) in [5.74, 6) is -0.0719. The molecule has 3 rings (SSSR count). The average Bonchev–Trinajstić information content (AvgIpc) is 2.66. The zero-order chi connectivity index (χ0) is 17.6. The van der Waals surface area contributed by atoms with Crippen molar-refractivity contribution in [3.63, 3.8) is 0 Å².